The van der Waals surface area contributed by atoms with Crippen LogP contribution in [-0.4, -0.2) is 280 Å². The Morgan fingerprint density at radius 1 is 0.176 bits per heavy atom. The lowest BCUT2D eigenvalue weighted by Gasteiger charge is -2.51. The van der Waals surface area contributed by atoms with Crippen LogP contribution in [0.25, 0.3) is 0 Å². The van der Waals surface area contributed by atoms with Crippen LogP contribution in [0.5, 0.6) is 0 Å². The fraction of sp³-hybridized carbons (Fsp3) is 0.500. The monoisotopic (exact) mass is 1520 g/mol. The number of rotatable bonds is 18. The van der Waals surface area contributed by atoms with E-state index in [4.69, 9.17) is 56.8 Å². The zero-order valence-corrected chi connectivity index (χ0v) is 59.5. The SMILES string of the molecule is O[C@@H]1[C@@H](O)[C@H]2O[C@H]3[C@H](O)[C@@H](O)[C@@H](O[C@H]4[C@H](O)[C@@H](O)[C@@H](O[C@H]5[C@H](O)[C@@H](O)[C@@H](O[C@H]6[C@H](O)[C@@H](O)[C@@H](O[C@H]7[C@H](O)[C@@H](O)[C@@H](O[C@@H]1[C@@H](CSc1ccccc1)O2)O[C@@H]7CSc1ccccc1)O[C@@H]6CSc1ccccc1)O[C@@H]5CSc1ccccc1)O[C@@H]4CSc1ccccc1)O[C@@H]3CSc1ccccc1. The number of thioether (sulfide) groups is 6. The maximum atomic E-state index is 12.5. The van der Waals surface area contributed by atoms with E-state index in [-0.39, 0.29) is 34.5 Å². The second-order valence-electron chi connectivity index (χ2n) is 25.5. The largest absolute Gasteiger partial charge is 0.387 e. The van der Waals surface area contributed by atoms with Crippen molar-refractivity contribution in [1.29, 1.82) is 0 Å². The van der Waals surface area contributed by atoms with Crippen molar-refractivity contribution in [2.45, 2.75) is 214 Å². The van der Waals surface area contributed by atoms with Crippen LogP contribution in [0, 0.1) is 0 Å². The highest BCUT2D eigenvalue weighted by molar-refractivity contribution is 8.00. The first-order valence-electron chi connectivity index (χ1n) is 33.6. The lowest BCUT2D eigenvalue weighted by molar-refractivity contribution is -0.396. The molecule has 22 saturated heterocycles. The van der Waals surface area contributed by atoms with E-state index in [1.807, 2.05) is 182 Å². The molecule has 30 atom stereocenters. The molecule has 0 aromatic heterocycles. The Bertz CT molecular complexity index is 2900. The van der Waals surface area contributed by atoms with Crippen molar-refractivity contribution in [2.24, 2.45) is 0 Å². The maximum absolute atomic E-state index is 12.5. The molecule has 24 nitrogen and oxygen atoms in total. The van der Waals surface area contributed by atoms with Gasteiger partial charge >= 0.3 is 0 Å². The van der Waals surface area contributed by atoms with Crippen LogP contribution in [0.2, 0.25) is 0 Å². The Hall–Kier alpha value is -3.54. The van der Waals surface area contributed by atoms with Gasteiger partial charge in [0, 0.05) is 63.9 Å². The van der Waals surface area contributed by atoms with Crippen LogP contribution >= 0.6 is 70.6 Å². The predicted molar refractivity (Wildman–Crippen MR) is 376 cm³/mol. The molecule has 0 saturated carbocycles. The average Bonchev–Trinajstić information content (AvgIpc) is 0.769. The van der Waals surface area contributed by atoms with E-state index in [1.54, 1.807) is 0 Å². The molecule has 552 valence electrons. The van der Waals surface area contributed by atoms with Gasteiger partial charge in [-0.15, -0.1) is 70.6 Å². The number of benzene rings is 6. The van der Waals surface area contributed by atoms with E-state index in [0.717, 1.165) is 29.4 Å². The van der Waals surface area contributed by atoms with Crippen molar-refractivity contribution in [2.75, 3.05) is 34.5 Å². The zero-order valence-electron chi connectivity index (χ0n) is 54.6. The molecule has 30 heteroatoms. The van der Waals surface area contributed by atoms with Crippen LogP contribution in [-0.2, 0) is 56.8 Å². The third kappa shape index (κ3) is 18.4. The fourth-order valence-electron chi connectivity index (χ4n) is 13.0. The Kier molecular flexibility index (Phi) is 27.1. The molecule has 0 spiro atoms. The second kappa shape index (κ2) is 36.1. The lowest BCUT2D eigenvalue weighted by Crippen LogP contribution is -2.69. The van der Waals surface area contributed by atoms with Crippen LogP contribution in [0.15, 0.2) is 211 Å². The van der Waals surface area contributed by atoms with Crippen molar-refractivity contribution in [3.63, 3.8) is 0 Å². The summed E-state index contributed by atoms with van der Waals surface area (Å²) in [6.07, 6.45) is -51.0. The molecule has 22 aliphatic rings. The molecule has 0 aliphatic carbocycles. The van der Waals surface area contributed by atoms with Gasteiger partial charge < -0.3 is 118 Å². The minimum Gasteiger partial charge on any atom is -0.387 e. The third-order valence-corrected chi connectivity index (χ3v) is 25.1. The molecule has 6 aromatic carbocycles. The maximum Gasteiger partial charge on any atom is 0.187 e. The van der Waals surface area contributed by atoms with E-state index < -0.39 is 184 Å². The van der Waals surface area contributed by atoms with Gasteiger partial charge in [0.1, 0.15) is 110 Å². The van der Waals surface area contributed by atoms with E-state index in [9.17, 15) is 61.3 Å². The highest BCUT2D eigenvalue weighted by Gasteiger charge is 2.59. The number of aliphatic hydroxyl groups excluding tert-OH is 12. The molecule has 22 fully saturated rings. The number of hydrogen-bond donors (Lipinski definition) is 12. The van der Waals surface area contributed by atoms with E-state index in [1.165, 1.54) is 70.6 Å². The molecule has 102 heavy (non-hydrogen) atoms. The van der Waals surface area contributed by atoms with E-state index in [2.05, 4.69) is 0 Å². The van der Waals surface area contributed by atoms with Gasteiger partial charge in [-0.25, -0.2) is 0 Å². The quantitative estimate of drug-likeness (QED) is 0.0545. The Balaban J connectivity index is 0.872. The first-order chi connectivity index (χ1) is 49.5. The Morgan fingerprint density at radius 2 is 0.304 bits per heavy atom. The number of aliphatic hydroxyl groups is 12. The highest BCUT2D eigenvalue weighted by Crippen LogP contribution is 2.42. The summed E-state index contributed by atoms with van der Waals surface area (Å²) in [7, 11) is 0. The third-order valence-electron chi connectivity index (χ3n) is 18.5. The molecule has 12 N–H and O–H groups in total. The summed E-state index contributed by atoms with van der Waals surface area (Å²) >= 11 is 7.76. The van der Waals surface area contributed by atoms with Gasteiger partial charge in [-0.2, -0.15) is 0 Å². The normalized spacial score (nSPS) is 39.8. The summed E-state index contributed by atoms with van der Waals surface area (Å²) in [5.74, 6) is 0.000980. The lowest BCUT2D eigenvalue weighted by atomic mass is 9.95. The number of ether oxygens (including phenoxy) is 12. The van der Waals surface area contributed by atoms with Crippen molar-refractivity contribution in [3.05, 3.63) is 182 Å². The van der Waals surface area contributed by atoms with Gasteiger partial charge in [-0.05, 0) is 72.8 Å². The number of hydrogen-bond acceptors (Lipinski definition) is 30. The van der Waals surface area contributed by atoms with Gasteiger partial charge in [-0.1, -0.05) is 109 Å². The molecule has 28 rings (SSSR count). The van der Waals surface area contributed by atoms with Crippen LogP contribution in [0.1, 0.15) is 0 Å². The van der Waals surface area contributed by atoms with Gasteiger partial charge in [0.15, 0.2) is 37.7 Å². The van der Waals surface area contributed by atoms with Crippen molar-refractivity contribution < 1.29 is 118 Å². The molecule has 22 heterocycles. The van der Waals surface area contributed by atoms with Crippen LogP contribution in [0.3, 0.4) is 0 Å². The molecule has 22 aliphatic heterocycles. The van der Waals surface area contributed by atoms with Crippen LogP contribution < -0.4 is 0 Å². The standard InChI is InChI=1S/C72H84O24S6/c73-49-55(79)67-85-43(31-97-37-19-7-1-8-20-37)61(49)91-68-56(80)50(74)63(45(86-68)33-99-39-23-11-3-12-24-39)93-70-58(82)52(76)65(47(88-70)35-101-41-27-15-5-16-28-41)95-72-60(84)54(78)66(48(90-72)36-102-42-29-17-6-18-30-42)96-71-59(83)53(77)64(46(89-71)34-100-40-25-13-4-14-26-40)94-69-57(81)51(75)62(92-67)44(87-69)32-98-38-21-9-2-10-22-38/h1-30,43-84H,31-36H2/t43-,44-,45-,46-,47-,48-,49-,50-,51-,52-,53-,54-,55-,56-,57-,58-,59-,60-,61-,62-,63-,64-,65-,66-,67-,68-,69-,70-,71-,72-/m1/s1. The predicted octanol–water partition coefficient (Wildman–Crippen LogP) is 3.75. The van der Waals surface area contributed by atoms with Gasteiger partial charge in [0.25, 0.3) is 0 Å². The van der Waals surface area contributed by atoms with E-state index >= 15 is 0 Å². The molecule has 0 amide bonds. The summed E-state index contributed by atoms with van der Waals surface area (Å²) in [5, 5.41) is 148. The summed E-state index contributed by atoms with van der Waals surface area (Å²) in [6, 6.07) is 55.1. The summed E-state index contributed by atoms with van der Waals surface area (Å²) in [5.41, 5.74) is 0. The molecule has 6 aromatic rings. The van der Waals surface area contributed by atoms with Crippen molar-refractivity contribution >= 4 is 70.6 Å². The molecule has 0 unspecified atom stereocenters. The summed E-state index contributed by atoms with van der Waals surface area (Å²) in [4.78, 5) is 4.62. The first-order valence-corrected chi connectivity index (χ1v) is 39.5. The second-order valence-corrected chi connectivity index (χ2v) is 32.1. The van der Waals surface area contributed by atoms with E-state index in [0.29, 0.717) is 0 Å². The minimum absolute atomic E-state index is 0.000163. The molecule has 12 bridgehead atoms. The smallest absolute Gasteiger partial charge is 0.187 e. The molecular weight excluding hydrogens is 1440 g/mol. The average molecular weight is 1530 g/mol. The van der Waals surface area contributed by atoms with Gasteiger partial charge in [0.2, 0.25) is 0 Å². The van der Waals surface area contributed by atoms with Gasteiger partial charge in [-0.3, -0.25) is 0 Å². The first kappa shape index (κ1) is 76.6. The molecule has 0 radical (unpaired) electrons. The van der Waals surface area contributed by atoms with Crippen molar-refractivity contribution in [3.8, 4) is 0 Å². The van der Waals surface area contributed by atoms with Crippen molar-refractivity contribution in [1.82, 2.24) is 0 Å². The zero-order chi connectivity index (χ0) is 71.0. The summed E-state index contributed by atoms with van der Waals surface area (Å²) in [6.45, 7) is 0. The summed E-state index contributed by atoms with van der Waals surface area (Å²) < 4.78 is 79.1. The highest BCUT2D eigenvalue weighted by atomic mass is 32.2. The Labute approximate surface area is 614 Å². The molecular formula is C72H84O24S6. The van der Waals surface area contributed by atoms with Gasteiger partial charge in [0.05, 0.1) is 36.6 Å². The Morgan fingerprint density at radius 3 is 0.431 bits per heavy atom. The van der Waals surface area contributed by atoms with Crippen LogP contribution in [0.4, 0.5) is 0 Å². The minimum atomic E-state index is -1.99. The fourth-order valence-corrected chi connectivity index (χ4v) is 18.9. The topological polar surface area (TPSA) is 354 Å².